The van der Waals surface area contributed by atoms with Crippen molar-refractivity contribution in [2.45, 2.75) is 167 Å². The van der Waals surface area contributed by atoms with E-state index in [4.69, 9.17) is 13.6 Å². The molecular formula is C33H63NO7Si2. The van der Waals surface area contributed by atoms with Gasteiger partial charge in [0.1, 0.15) is 5.78 Å². The lowest BCUT2D eigenvalue weighted by atomic mass is 9.86. The Kier molecular flexibility index (Phi) is 15.5. The summed E-state index contributed by atoms with van der Waals surface area (Å²) >= 11 is 0. The number of unbranched alkanes of at least 4 members (excludes halogenated alkanes) is 3. The van der Waals surface area contributed by atoms with Crippen molar-refractivity contribution in [3.8, 4) is 0 Å². The Labute approximate surface area is 264 Å². The second-order valence-electron chi connectivity index (χ2n) is 15.6. The van der Waals surface area contributed by atoms with E-state index in [-0.39, 0.29) is 64.1 Å². The lowest BCUT2D eigenvalue weighted by Crippen LogP contribution is -2.45. The van der Waals surface area contributed by atoms with Crippen LogP contribution in [0, 0.1) is 22.0 Å². The average molecular weight is 642 g/mol. The van der Waals surface area contributed by atoms with E-state index < -0.39 is 28.6 Å². The summed E-state index contributed by atoms with van der Waals surface area (Å²) in [5, 5.41) is 12.2. The van der Waals surface area contributed by atoms with Crippen LogP contribution in [0.2, 0.25) is 36.3 Å². The van der Waals surface area contributed by atoms with Gasteiger partial charge in [-0.25, -0.2) is 0 Å². The second-order valence-corrected chi connectivity index (χ2v) is 25.1. The molecule has 1 saturated carbocycles. The van der Waals surface area contributed by atoms with Crippen LogP contribution in [-0.2, 0) is 23.2 Å². The van der Waals surface area contributed by atoms with Crippen molar-refractivity contribution in [3.63, 3.8) is 0 Å². The lowest BCUT2D eigenvalue weighted by molar-refractivity contribution is -0.525. The third kappa shape index (κ3) is 12.5. The van der Waals surface area contributed by atoms with E-state index in [2.05, 4.69) is 86.8 Å². The zero-order valence-corrected chi connectivity index (χ0v) is 31.4. The molecule has 0 heterocycles. The summed E-state index contributed by atoms with van der Waals surface area (Å²) in [6.45, 7) is 24.4. The number of hydrogen-bond acceptors (Lipinski definition) is 7. The predicted molar refractivity (Wildman–Crippen MR) is 180 cm³/mol. The van der Waals surface area contributed by atoms with Crippen molar-refractivity contribution in [2.24, 2.45) is 11.8 Å². The predicted octanol–water partition coefficient (Wildman–Crippen LogP) is 8.88. The fraction of sp³-hybridized carbons (Fsp3) is 0.879. The third-order valence-corrected chi connectivity index (χ3v) is 19.1. The van der Waals surface area contributed by atoms with Gasteiger partial charge in [-0.2, -0.15) is 0 Å². The largest absolute Gasteiger partial charge is 0.469 e. The maximum absolute atomic E-state index is 13.6. The van der Waals surface area contributed by atoms with E-state index in [9.17, 15) is 19.7 Å². The van der Waals surface area contributed by atoms with Crippen molar-refractivity contribution in [2.75, 3.05) is 7.11 Å². The minimum Gasteiger partial charge on any atom is -0.469 e. The van der Waals surface area contributed by atoms with E-state index in [0.29, 0.717) is 19.3 Å². The van der Waals surface area contributed by atoms with Crippen molar-refractivity contribution >= 4 is 28.4 Å². The number of nitro groups is 1. The van der Waals surface area contributed by atoms with Crippen LogP contribution in [0.5, 0.6) is 0 Å². The maximum Gasteiger partial charge on any atom is 0.305 e. The van der Waals surface area contributed by atoms with E-state index in [0.717, 1.165) is 25.7 Å². The van der Waals surface area contributed by atoms with Gasteiger partial charge < -0.3 is 13.6 Å². The molecule has 0 saturated heterocycles. The molecule has 43 heavy (non-hydrogen) atoms. The molecule has 1 aliphatic rings. The summed E-state index contributed by atoms with van der Waals surface area (Å²) in [6, 6.07) is -0.849. The lowest BCUT2D eigenvalue weighted by Gasteiger charge is -2.40. The number of ketones is 1. The van der Waals surface area contributed by atoms with Crippen LogP contribution in [0.1, 0.15) is 113 Å². The molecule has 0 radical (unpaired) electrons. The summed E-state index contributed by atoms with van der Waals surface area (Å²) in [7, 11) is -2.91. The van der Waals surface area contributed by atoms with Crippen LogP contribution in [0.15, 0.2) is 12.2 Å². The molecular weight excluding hydrogens is 579 g/mol. The number of hydrogen-bond donors (Lipinski definition) is 0. The molecule has 5 atom stereocenters. The van der Waals surface area contributed by atoms with Crippen LogP contribution < -0.4 is 0 Å². The van der Waals surface area contributed by atoms with Gasteiger partial charge in [0, 0.05) is 42.4 Å². The topological polar surface area (TPSA) is 105 Å². The molecule has 0 aromatic carbocycles. The van der Waals surface area contributed by atoms with Crippen LogP contribution in [0.4, 0.5) is 0 Å². The fourth-order valence-corrected chi connectivity index (χ4v) is 7.79. The van der Waals surface area contributed by atoms with E-state index in [1.165, 1.54) is 7.11 Å². The first kappa shape index (κ1) is 39.7. The number of rotatable bonds is 18. The Morgan fingerprint density at radius 3 is 2.09 bits per heavy atom. The molecule has 1 unspecified atom stereocenters. The van der Waals surface area contributed by atoms with Crippen LogP contribution in [-0.4, -0.2) is 58.7 Å². The molecule has 1 rings (SSSR count). The minimum atomic E-state index is -2.21. The number of Topliss-reactive ketones (excluding diaryl/α,β-unsaturated/α-hetero) is 1. The zero-order valence-electron chi connectivity index (χ0n) is 29.4. The Morgan fingerprint density at radius 2 is 1.58 bits per heavy atom. The number of nitrogens with zero attached hydrogens (tertiary/aromatic N) is 1. The normalized spacial score (nSPS) is 21.8. The molecule has 0 spiro atoms. The highest BCUT2D eigenvalue weighted by Gasteiger charge is 2.49. The zero-order chi connectivity index (χ0) is 33.2. The van der Waals surface area contributed by atoms with Gasteiger partial charge in [0.05, 0.1) is 19.3 Å². The van der Waals surface area contributed by atoms with E-state index >= 15 is 0 Å². The van der Waals surface area contributed by atoms with Crippen LogP contribution in [0.25, 0.3) is 0 Å². The first-order valence-corrected chi connectivity index (χ1v) is 22.3. The van der Waals surface area contributed by atoms with Gasteiger partial charge in [-0.15, -0.1) is 0 Å². The molecule has 0 aromatic heterocycles. The Bertz CT molecular complexity index is 937. The summed E-state index contributed by atoms with van der Waals surface area (Å²) in [4.78, 5) is 36.9. The molecule has 0 amide bonds. The summed E-state index contributed by atoms with van der Waals surface area (Å²) in [5.74, 6) is -0.984. The summed E-state index contributed by atoms with van der Waals surface area (Å²) in [5.41, 5.74) is 0. The van der Waals surface area contributed by atoms with Gasteiger partial charge >= 0.3 is 5.97 Å². The standard InChI is InChI=1S/C33H63NO7Si2/c1-13-14-15-19-26(40-42(9,10)32(2,3)4)21-22-27-28(23-25(34(37)38)18-16-17-20-31(36)39-8)29(35)24-30(27)41-43(11,12)33(5,6)7/h21-22,25-28,30H,13-20,23-24H2,1-12H3/b22-21+/t25?,26-,27+,28+,30+/m0/s1. The van der Waals surface area contributed by atoms with Crippen molar-refractivity contribution in [3.05, 3.63) is 22.3 Å². The SMILES string of the molecule is CCCCC[C@@H](/C=C/[C@H]1[C@H](O[Si](C)(C)C(C)(C)C)CC(=O)[C@@H]1CC(CCCCC(=O)OC)[N+](=O)[O-])O[Si](C)(C)C(C)(C)C. The Hall–Kier alpha value is -1.37. The Balaban J connectivity index is 3.36. The van der Waals surface area contributed by atoms with Crippen LogP contribution in [0.3, 0.4) is 0 Å². The molecule has 8 nitrogen and oxygen atoms in total. The summed E-state index contributed by atoms with van der Waals surface area (Å²) in [6.07, 6.45) is 10.2. The molecule has 0 aromatic rings. The number of ether oxygens (including phenoxy) is 1. The fourth-order valence-electron chi connectivity index (χ4n) is 5.13. The molecule has 10 heteroatoms. The first-order valence-electron chi connectivity index (χ1n) is 16.4. The Morgan fingerprint density at radius 1 is 1.00 bits per heavy atom. The number of carbonyl (C=O) groups is 2. The highest BCUT2D eigenvalue weighted by Crippen LogP contribution is 2.44. The number of esters is 1. The molecule has 1 fully saturated rings. The maximum atomic E-state index is 13.6. The van der Waals surface area contributed by atoms with Gasteiger partial charge in [-0.3, -0.25) is 19.7 Å². The molecule has 0 aliphatic heterocycles. The summed E-state index contributed by atoms with van der Waals surface area (Å²) < 4.78 is 18.4. The third-order valence-electron chi connectivity index (χ3n) is 10.1. The van der Waals surface area contributed by atoms with Gasteiger partial charge in [0.25, 0.3) is 0 Å². The van der Waals surface area contributed by atoms with Gasteiger partial charge in [-0.1, -0.05) is 79.9 Å². The molecule has 1 aliphatic carbocycles. The van der Waals surface area contributed by atoms with E-state index in [1.807, 2.05) is 0 Å². The smallest absolute Gasteiger partial charge is 0.305 e. The number of carbonyl (C=O) groups excluding carboxylic acids is 2. The molecule has 250 valence electrons. The van der Waals surface area contributed by atoms with Crippen molar-refractivity contribution in [1.82, 2.24) is 0 Å². The second kappa shape index (κ2) is 16.8. The van der Waals surface area contributed by atoms with Crippen molar-refractivity contribution in [1.29, 1.82) is 0 Å². The number of methoxy groups -OCH3 is 1. The van der Waals surface area contributed by atoms with Gasteiger partial charge in [0.2, 0.25) is 6.04 Å². The first-order chi connectivity index (χ1) is 19.7. The van der Waals surface area contributed by atoms with Crippen LogP contribution >= 0.6 is 0 Å². The monoisotopic (exact) mass is 641 g/mol. The van der Waals surface area contributed by atoms with Gasteiger partial charge in [-0.05, 0) is 55.5 Å². The highest BCUT2D eigenvalue weighted by atomic mass is 28.4. The van der Waals surface area contributed by atoms with Gasteiger partial charge in [0.15, 0.2) is 16.6 Å². The van der Waals surface area contributed by atoms with Crippen molar-refractivity contribution < 1.29 is 28.1 Å². The minimum absolute atomic E-state index is 0.0282. The average Bonchev–Trinajstić information content (AvgIpc) is 3.15. The molecule has 0 bridgehead atoms. The quantitative estimate of drug-likeness (QED) is 0.0367. The highest BCUT2D eigenvalue weighted by molar-refractivity contribution is 6.74. The molecule has 0 N–H and O–H groups in total. The van der Waals surface area contributed by atoms with E-state index in [1.54, 1.807) is 0 Å².